The van der Waals surface area contributed by atoms with E-state index in [1.807, 2.05) is 24.3 Å². The second-order valence-electron chi connectivity index (χ2n) is 13.4. The summed E-state index contributed by atoms with van der Waals surface area (Å²) in [6.45, 7) is 0. The van der Waals surface area contributed by atoms with Crippen molar-refractivity contribution in [3.63, 3.8) is 0 Å². The Kier molecular flexibility index (Phi) is 6.18. The molecule has 11 rings (SSSR count). The molecule has 2 unspecified atom stereocenters. The number of hydrogen-bond acceptors (Lipinski definition) is 6. The summed E-state index contributed by atoms with van der Waals surface area (Å²) in [6.07, 6.45) is 5.73. The zero-order valence-electron chi connectivity index (χ0n) is 27.5. The van der Waals surface area contributed by atoms with Crippen LogP contribution in [0.2, 0.25) is 0 Å². The number of para-hydroxylation sites is 3. The van der Waals surface area contributed by atoms with Gasteiger partial charge in [-0.15, -0.1) is 0 Å². The van der Waals surface area contributed by atoms with Gasteiger partial charge in [-0.1, -0.05) is 103 Å². The van der Waals surface area contributed by atoms with E-state index in [1.165, 1.54) is 5.56 Å². The first-order valence-corrected chi connectivity index (χ1v) is 17.5. The fourth-order valence-corrected chi connectivity index (χ4v) is 7.95. The number of nitrogens with zero attached hydrogens (tertiary/aromatic N) is 1. The van der Waals surface area contributed by atoms with E-state index < -0.39 is 0 Å². The minimum Gasteiger partial charge on any atom is -0.460 e. The molecule has 4 heterocycles. The van der Waals surface area contributed by atoms with E-state index in [-0.39, 0.29) is 12.3 Å². The third-order valence-electron chi connectivity index (χ3n) is 10.4. The molecular weight excluding hydrogens is 631 g/mol. The smallest absolute Gasteiger partial charge is 0.145 e. The summed E-state index contributed by atoms with van der Waals surface area (Å²) in [6, 6.07) is 44.2. The lowest BCUT2D eigenvalue weighted by Crippen LogP contribution is -2.45. The zero-order valence-corrected chi connectivity index (χ0v) is 27.5. The maximum absolute atomic E-state index is 6.77. The Bertz CT molecular complexity index is 2890. The van der Waals surface area contributed by atoms with Gasteiger partial charge >= 0.3 is 0 Å². The van der Waals surface area contributed by atoms with Crippen molar-refractivity contribution in [3.8, 4) is 11.1 Å². The van der Waals surface area contributed by atoms with Gasteiger partial charge in [-0.3, -0.25) is 5.32 Å². The molecule has 0 radical (unpaired) electrons. The summed E-state index contributed by atoms with van der Waals surface area (Å²) in [4.78, 5) is 5.24. The van der Waals surface area contributed by atoms with Gasteiger partial charge in [0.05, 0.1) is 5.56 Å². The van der Waals surface area contributed by atoms with Gasteiger partial charge in [0.25, 0.3) is 0 Å². The molecule has 0 saturated heterocycles. The average Bonchev–Trinajstić information content (AvgIpc) is 3.88. The highest BCUT2D eigenvalue weighted by Gasteiger charge is 2.30. The Hall–Kier alpha value is -6.37. The van der Waals surface area contributed by atoms with Crippen LogP contribution < -0.4 is 10.6 Å². The molecule has 2 atom stereocenters. The Morgan fingerprint density at radius 2 is 1.31 bits per heavy atom. The number of aliphatic imine (C=N–C) groups is 1. The molecule has 1 aliphatic carbocycles. The number of aryl methyl sites for hydroxylation is 1. The van der Waals surface area contributed by atoms with Crippen molar-refractivity contribution in [1.82, 2.24) is 10.6 Å². The van der Waals surface area contributed by atoms with Crippen LogP contribution in [0.3, 0.4) is 0 Å². The molecule has 9 aromatic rings. The number of allylic oxidation sites excluding steroid dienone is 1. The highest BCUT2D eigenvalue weighted by molar-refractivity contribution is 6.11. The Morgan fingerprint density at radius 3 is 2.20 bits per heavy atom. The molecule has 2 N–H and O–H groups in total. The Balaban J connectivity index is 1.02. The van der Waals surface area contributed by atoms with Crippen LogP contribution in [0.5, 0.6) is 0 Å². The zero-order chi connectivity index (χ0) is 33.5. The van der Waals surface area contributed by atoms with E-state index >= 15 is 0 Å². The van der Waals surface area contributed by atoms with Crippen molar-refractivity contribution in [2.24, 2.45) is 4.99 Å². The monoisotopic (exact) mass is 661 g/mol. The van der Waals surface area contributed by atoms with Crippen molar-refractivity contribution in [2.75, 3.05) is 0 Å². The molecule has 0 spiro atoms. The quantitative estimate of drug-likeness (QED) is 0.196. The molecule has 244 valence electrons. The van der Waals surface area contributed by atoms with Gasteiger partial charge in [-0.05, 0) is 59.5 Å². The molecule has 0 bridgehead atoms. The molecule has 0 amide bonds. The van der Waals surface area contributed by atoms with E-state index in [2.05, 4.69) is 126 Å². The first-order valence-electron chi connectivity index (χ1n) is 17.5. The second-order valence-corrected chi connectivity index (χ2v) is 13.4. The van der Waals surface area contributed by atoms with Crippen LogP contribution in [0.4, 0.5) is 0 Å². The van der Waals surface area contributed by atoms with Crippen molar-refractivity contribution < 1.29 is 13.3 Å². The summed E-state index contributed by atoms with van der Waals surface area (Å²) in [7, 11) is 0. The molecule has 1 aliphatic heterocycles. The number of rotatable bonds is 4. The van der Waals surface area contributed by atoms with Crippen LogP contribution in [-0.4, -0.2) is 5.84 Å². The summed E-state index contributed by atoms with van der Waals surface area (Å²) in [5.41, 5.74) is 10.7. The lowest BCUT2D eigenvalue weighted by atomic mass is 10.00. The lowest BCUT2D eigenvalue weighted by molar-refractivity contribution is 0.408. The number of fused-ring (bicyclic) bond motifs is 9. The van der Waals surface area contributed by atoms with Crippen molar-refractivity contribution >= 4 is 66.8 Å². The van der Waals surface area contributed by atoms with Crippen LogP contribution in [0.15, 0.2) is 152 Å². The minimum atomic E-state index is -0.290. The highest BCUT2D eigenvalue weighted by Crippen LogP contribution is 2.39. The topological polar surface area (TPSA) is 75.8 Å². The predicted molar refractivity (Wildman–Crippen MR) is 205 cm³/mol. The molecule has 6 heteroatoms. The van der Waals surface area contributed by atoms with Gasteiger partial charge in [0, 0.05) is 44.5 Å². The molecule has 2 aliphatic rings. The predicted octanol–water partition coefficient (Wildman–Crippen LogP) is 11.2. The van der Waals surface area contributed by atoms with Gasteiger partial charge in [0.2, 0.25) is 0 Å². The molecule has 6 nitrogen and oxygen atoms in total. The van der Waals surface area contributed by atoms with Crippen LogP contribution in [0.25, 0.3) is 72.0 Å². The third-order valence-corrected chi connectivity index (χ3v) is 10.4. The SMILES string of the molecule is C1=Cc2c(oc3c(C4=NC(c5ccccc5)NC(c5cccc6c5oc5cc(-c7ccc8c(c7)oc7ccccc78)ccc56)N4)cccc23)CC1. The molecular formula is C45H31N3O3. The first kappa shape index (κ1) is 28.5. The summed E-state index contributed by atoms with van der Waals surface area (Å²) >= 11 is 0. The maximum atomic E-state index is 6.77. The van der Waals surface area contributed by atoms with E-state index in [4.69, 9.17) is 18.2 Å². The molecule has 0 saturated carbocycles. The van der Waals surface area contributed by atoms with E-state index in [0.29, 0.717) is 0 Å². The largest absolute Gasteiger partial charge is 0.460 e. The molecule has 6 aromatic carbocycles. The van der Waals surface area contributed by atoms with Gasteiger partial charge in [0.15, 0.2) is 0 Å². The van der Waals surface area contributed by atoms with Gasteiger partial charge in [0.1, 0.15) is 51.8 Å². The Labute approximate surface area is 292 Å². The second kappa shape index (κ2) is 11.1. The lowest BCUT2D eigenvalue weighted by Gasteiger charge is -2.32. The molecule has 0 fully saturated rings. The number of nitrogens with one attached hydrogen (secondary N) is 2. The van der Waals surface area contributed by atoms with E-state index in [1.54, 1.807) is 0 Å². The number of benzene rings is 6. The van der Waals surface area contributed by atoms with E-state index in [0.717, 1.165) is 107 Å². The highest BCUT2D eigenvalue weighted by atomic mass is 16.3. The van der Waals surface area contributed by atoms with Crippen LogP contribution in [0.1, 0.15) is 46.8 Å². The summed E-state index contributed by atoms with van der Waals surface area (Å²) < 4.78 is 19.5. The maximum Gasteiger partial charge on any atom is 0.145 e. The molecule has 3 aromatic heterocycles. The van der Waals surface area contributed by atoms with Crippen LogP contribution in [-0.2, 0) is 6.42 Å². The number of hydrogen-bond donors (Lipinski definition) is 2. The fraction of sp³-hybridized carbons (Fsp3) is 0.0889. The van der Waals surface area contributed by atoms with Gasteiger partial charge in [-0.2, -0.15) is 0 Å². The van der Waals surface area contributed by atoms with Crippen molar-refractivity contribution in [2.45, 2.75) is 25.2 Å². The summed E-state index contributed by atoms with van der Waals surface area (Å²) in [5.74, 6) is 1.82. The van der Waals surface area contributed by atoms with Gasteiger partial charge < -0.3 is 18.6 Å². The van der Waals surface area contributed by atoms with Gasteiger partial charge in [-0.25, -0.2) is 4.99 Å². The van der Waals surface area contributed by atoms with Crippen LogP contribution >= 0.6 is 0 Å². The molecule has 51 heavy (non-hydrogen) atoms. The van der Waals surface area contributed by atoms with E-state index in [9.17, 15) is 0 Å². The number of amidine groups is 1. The minimum absolute atomic E-state index is 0.286. The first-order chi connectivity index (χ1) is 25.2. The average molecular weight is 662 g/mol. The third kappa shape index (κ3) is 4.50. The summed E-state index contributed by atoms with van der Waals surface area (Å²) in [5, 5.41) is 13.0. The van der Waals surface area contributed by atoms with Crippen molar-refractivity contribution in [3.05, 3.63) is 161 Å². The Morgan fingerprint density at radius 1 is 0.588 bits per heavy atom. The normalized spacial score (nSPS) is 17.4. The number of furan rings is 3. The van der Waals surface area contributed by atoms with Crippen LogP contribution in [0, 0.1) is 0 Å². The fourth-order valence-electron chi connectivity index (χ4n) is 7.95. The van der Waals surface area contributed by atoms with Crippen molar-refractivity contribution in [1.29, 1.82) is 0 Å². The standard InChI is InChI=1S/C45H31N3O3/c1-2-10-26(11-3-1)43-46-44(35-16-8-14-33-30-13-5-7-19-38(30)50-41(33)35)48-45(47-43)36-17-9-15-34-32-23-21-28(25-40(32)51-42(34)36)27-20-22-31-29-12-4-6-18-37(29)49-39(31)24-27/h1-6,8-18,20-25,43,45,47H,7,19H2,(H,46,48).